The molecule has 0 spiro atoms. The van der Waals surface area contributed by atoms with E-state index in [0.29, 0.717) is 25.3 Å². The minimum absolute atomic E-state index is 0.0389. The fourth-order valence-electron chi connectivity index (χ4n) is 3.16. The van der Waals surface area contributed by atoms with Gasteiger partial charge in [-0.1, -0.05) is 13.0 Å². The monoisotopic (exact) mass is 424 g/mol. The first-order valence-electron chi connectivity index (χ1n) is 9.94. The Hall–Kier alpha value is -1.97. The Morgan fingerprint density at radius 2 is 1.72 bits per heavy atom. The second kappa shape index (κ2) is 9.69. The van der Waals surface area contributed by atoms with Crippen LogP contribution in [0, 0.1) is 0 Å². The highest BCUT2D eigenvalue weighted by Crippen LogP contribution is 2.23. The second-order valence-electron chi connectivity index (χ2n) is 8.29. The predicted molar refractivity (Wildman–Crippen MR) is 113 cm³/mol. The van der Waals surface area contributed by atoms with Crippen LogP contribution >= 0.6 is 0 Å². The molecule has 29 heavy (non-hydrogen) atoms. The van der Waals surface area contributed by atoms with Crippen molar-refractivity contribution < 1.29 is 18.0 Å². The fourth-order valence-corrected chi connectivity index (χ4v) is 4.72. The number of sulfonamides is 1. The van der Waals surface area contributed by atoms with Crippen LogP contribution in [-0.4, -0.2) is 67.7 Å². The summed E-state index contributed by atoms with van der Waals surface area (Å²) in [5.74, 6) is -0.447. The zero-order valence-corrected chi connectivity index (χ0v) is 18.5. The van der Waals surface area contributed by atoms with Crippen molar-refractivity contribution in [1.82, 2.24) is 14.5 Å². The van der Waals surface area contributed by atoms with E-state index in [0.717, 1.165) is 12.8 Å². The number of hydrogen-bond donors (Lipinski definition) is 2. The number of nitrogens with one attached hydrogen (secondary N) is 2. The van der Waals surface area contributed by atoms with Crippen LogP contribution in [0.5, 0.6) is 0 Å². The molecular formula is C20H32N4O4S. The zero-order chi connectivity index (χ0) is 21.7. The van der Waals surface area contributed by atoms with Gasteiger partial charge in [-0.25, -0.2) is 8.42 Å². The Morgan fingerprint density at radius 3 is 2.31 bits per heavy atom. The molecule has 2 rings (SSSR count). The van der Waals surface area contributed by atoms with Crippen molar-refractivity contribution in [2.24, 2.45) is 0 Å². The van der Waals surface area contributed by atoms with Crippen molar-refractivity contribution >= 4 is 27.5 Å². The van der Waals surface area contributed by atoms with E-state index in [2.05, 4.69) is 10.6 Å². The molecule has 162 valence electrons. The quantitative estimate of drug-likeness (QED) is 0.661. The molecule has 0 atom stereocenters. The van der Waals surface area contributed by atoms with E-state index in [1.807, 2.05) is 27.7 Å². The number of hydrogen-bond acceptors (Lipinski definition) is 5. The summed E-state index contributed by atoms with van der Waals surface area (Å²) in [6, 6.07) is 6.29. The van der Waals surface area contributed by atoms with E-state index in [1.54, 1.807) is 23.1 Å². The van der Waals surface area contributed by atoms with Crippen molar-refractivity contribution in [2.75, 3.05) is 38.0 Å². The van der Waals surface area contributed by atoms with Crippen molar-refractivity contribution in [3.8, 4) is 0 Å². The van der Waals surface area contributed by atoms with Gasteiger partial charge in [0.2, 0.25) is 21.8 Å². The summed E-state index contributed by atoms with van der Waals surface area (Å²) in [4.78, 5) is 26.4. The molecule has 1 aliphatic rings. The lowest BCUT2D eigenvalue weighted by molar-refractivity contribution is -0.124. The first-order valence-corrected chi connectivity index (χ1v) is 11.4. The molecule has 0 aliphatic carbocycles. The van der Waals surface area contributed by atoms with E-state index in [4.69, 9.17) is 0 Å². The molecule has 1 aromatic carbocycles. The van der Waals surface area contributed by atoms with Gasteiger partial charge in [-0.2, -0.15) is 4.31 Å². The number of amides is 2. The van der Waals surface area contributed by atoms with Crippen molar-refractivity contribution in [3.63, 3.8) is 0 Å². The van der Waals surface area contributed by atoms with Crippen LogP contribution < -0.4 is 10.6 Å². The van der Waals surface area contributed by atoms with Gasteiger partial charge in [0.15, 0.2) is 0 Å². The molecule has 0 bridgehead atoms. The topological polar surface area (TPSA) is 98.8 Å². The normalized spacial score (nSPS) is 15.5. The molecule has 0 aromatic heterocycles. The van der Waals surface area contributed by atoms with E-state index in [9.17, 15) is 18.0 Å². The van der Waals surface area contributed by atoms with Crippen LogP contribution in [0.4, 0.5) is 5.69 Å². The molecule has 9 heteroatoms. The number of carbonyl (C=O) groups excluding carboxylic acids is 2. The number of carbonyl (C=O) groups is 2. The predicted octanol–water partition coefficient (Wildman–Crippen LogP) is 1.65. The maximum Gasteiger partial charge on any atom is 0.243 e. The van der Waals surface area contributed by atoms with Crippen molar-refractivity contribution in [3.05, 3.63) is 24.3 Å². The molecule has 0 unspecified atom stereocenters. The van der Waals surface area contributed by atoms with Gasteiger partial charge >= 0.3 is 0 Å². The van der Waals surface area contributed by atoms with Gasteiger partial charge in [0.1, 0.15) is 0 Å². The highest BCUT2D eigenvalue weighted by atomic mass is 32.2. The van der Waals surface area contributed by atoms with Crippen LogP contribution in [0.15, 0.2) is 29.2 Å². The first kappa shape index (κ1) is 23.3. The van der Waals surface area contributed by atoms with Gasteiger partial charge < -0.3 is 10.6 Å². The maximum absolute atomic E-state index is 12.7. The van der Waals surface area contributed by atoms with Gasteiger partial charge in [-0.3, -0.25) is 14.5 Å². The molecule has 0 saturated carbocycles. The summed E-state index contributed by atoms with van der Waals surface area (Å²) in [6.45, 7) is 9.32. The highest BCUT2D eigenvalue weighted by Gasteiger charge is 2.27. The summed E-state index contributed by atoms with van der Waals surface area (Å²) < 4.78 is 26.9. The average molecular weight is 425 g/mol. The molecule has 1 heterocycles. The lowest BCUT2D eigenvalue weighted by atomic mass is 10.1. The summed E-state index contributed by atoms with van der Waals surface area (Å²) >= 11 is 0. The van der Waals surface area contributed by atoms with E-state index >= 15 is 0 Å². The number of rotatable bonds is 8. The number of anilines is 1. The Morgan fingerprint density at radius 1 is 1.10 bits per heavy atom. The summed E-state index contributed by atoms with van der Waals surface area (Å²) in [6.07, 6.45) is 1.73. The lowest BCUT2D eigenvalue weighted by Gasteiger charge is -2.24. The molecule has 1 saturated heterocycles. The van der Waals surface area contributed by atoms with Gasteiger partial charge in [0.25, 0.3) is 0 Å². The molecule has 2 amide bonds. The Kier molecular flexibility index (Phi) is 7.79. The largest absolute Gasteiger partial charge is 0.350 e. The number of nitrogens with zero attached hydrogens (tertiary/aromatic N) is 2. The van der Waals surface area contributed by atoms with E-state index < -0.39 is 10.0 Å². The second-order valence-corrected chi connectivity index (χ2v) is 10.2. The van der Waals surface area contributed by atoms with Crippen molar-refractivity contribution in [1.29, 1.82) is 0 Å². The standard InChI is InChI=1S/C20H32N4O4S/c1-5-23(15-19(26)22-20(2,3)4)14-18(25)21-16-9-8-10-17(13-16)29(27,28)24-11-6-7-12-24/h8-10,13H,5-7,11-12,14-15H2,1-4H3,(H,21,25)(H,22,26). The molecule has 8 nitrogen and oxygen atoms in total. The fraction of sp³-hybridized carbons (Fsp3) is 0.600. The third-order valence-electron chi connectivity index (χ3n) is 4.52. The summed E-state index contributed by atoms with van der Waals surface area (Å²) in [5.41, 5.74) is 0.0884. The van der Waals surface area contributed by atoms with E-state index in [-0.39, 0.29) is 35.3 Å². The Bertz CT molecular complexity index is 827. The van der Waals surface area contributed by atoms with Crippen LogP contribution in [0.25, 0.3) is 0 Å². The molecule has 0 radical (unpaired) electrons. The molecular weight excluding hydrogens is 392 g/mol. The summed E-state index contributed by atoms with van der Waals surface area (Å²) in [5, 5.41) is 5.61. The SMILES string of the molecule is CCN(CC(=O)Nc1cccc(S(=O)(=O)N2CCCC2)c1)CC(=O)NC(C)(C)C. The molecule has 1 aliphatic heterocycles. The van der Waals surface area contributed by atoms with Gasteiger partial charge in [0.05, 0.1) is 18.0 Å². The minimum Gasteiger partial charge on any atom is -0.350 e. The Balaban J connectivity index is 1.98. The third-order valence-corrected chi connectivity index (χ3v) is 6.41. The van der Waals surface area contributed by atoms with Crippen LogP contribution in [0.2, 0.25) is 0 Å². The number of likely N-dealkylation sites (N-methyl/N-ethyl adjacent to an activating group) is 1. The van der Waals surface area contributed by atoms with Crippen LogP contribution in [0.3, 0.4) is 0 Å². The lowest BCUT2D eigenvalue weighted by Crippen LogP contribution is -2.47. The summed E-state index contributed by atoms with van der Waals surface area (Å²) in [7, 11) is -3.54. The van der Waals surface area contributed by atoms with Gasteiger partial charge in [-0.05, 0) is 58.4 Å². The molecule has 2 N–H and O–H groups in total. The first-order chi connectivity index (χ1) is 13.5. The van der Waals surface area contributed by atoms with Crippen LogP contribution in [-0.2, 0) is 19.6 Å². The smallest absolute Gasteiger partial charge is 0.243 e. The van der Waals surface area contributed by atoms with Crippen molar-refractivity contribution in [2.45, 2.75) is 51.0 Å². The number of benzene rings is 1. The minimum atomic E-state index is -3.54. The third kappa shape index (κ3) is 7.09. The van der Waals surface area contributed by atoms with Gasteiger partial charge in [0, 0.05) is 24.3 Å². The van der Waals surface area contributed by atoms with Gasteiger partial charge in [-0.15, -0.1) is 0 Å². The zero-order valence-electron chi connectivity index (χ0n) is 17.7. The average Bonchev–Trinajstić information content (AvgIpc) is 3.15. The maximum atomic E-state index is 12.7. The Labute approximate surface area is 173 Å². The van der Waals surface area contributed by atoms with Crippen LogP contribution in [0.1, 0.15) is 40.5 Å². The molecule has 1 fully saturated rings. The van der Waals surface area contributed by atoms with E-state index in [1.165, 1.54) is 10.4 Å². The molecule has 1 aromatic rings. The highest BCUT2D eigenvalue weighted by molar-refractivity contribution is 7.89.